The van der Waals surface area contributed by atoms with Crippen LogP contribution in [-0.2, 0) is 19.6 Å². The molecule has 2 fully saturated rings. The monoisotopic (exact) mass is 470 g/mol. The Morgan fingerprint density at radius 1 is 0.939 bits per heavy atom. The number of hydrogen-bond donors (Lipinski definition) is 0. The average molecular weight is 471 g/mol. The van der Waals surface area contributed by atoms with Gasteiger partial charge in [-0.2, -0.15) is 4.31 Å². The highest BCUT2D eigenvalue weighted by Gasteiger charge is 2.37. The number of esters is 1. The Bertz CT molecular complexity index is 1080. The van der Waals surface area contributed by atoms with Gasteiger partial charge in [0, 0.05) is 25.6 Å². The minimum Gasteiger partial charge on any atom is -0.462 e. The summed E-state index contributed by atoms with van der Waals surface area (Å²) in [4.78, 5) is 27.2. The third-order valence-electron chi connectivity index (χ3n) is 6.53. The maximum Gasteiger partial charge on any atom is 0.338 e. The molecular weight excluding hydrogens is 440 g/mol. The fraction of sp³-hybridized carbons (Fsp3) is 0.440. The smallest absolute Gasteiger partial charge is 0.338 e. The van der Waals surface area contributed by atoms with Gasteiger partial charge in [-0.3, -0.25) is 4.79 Å². The quantitative estimate of drug-likeness (QED) is 0.602. The van der Waals surface area contributed by atoms with E-state index in [1.165, 1.54) is 28.6 Å². The standard InChI is InChI=1S/C25H30N2O5S/c1-2-32-25(29)21-10-12-22(13-11-21)33(30,31)26-17-14-20(15-18-26)24(28)27-16-6-9-23(27)19-7-4-3-5-8-19/h3-5,7-8,10-13,20,23H,2,6,9,14-18H2,1H3. The van der Waals surface area contributed by atoms with Gasteiger partial charge in [0.1, 0.15) is 0 Å². The predicted octanol–water partition coefficient (Wildman–Crippen LogP) is 3.63. The highest BCUT2D eigenvalue weighted by atomic mass is 32.2. The number of carbonyl (C=O) groups is 2. The van der Waals surface area contributed by atoms with Gasteiger partial charge in [0.15, 0.2) is 0 Å². The number of hydrogen-bond acceptors (Lipinski definition) is 5. The topological polar surface area (TPSA) is 84.0 Å². The van der Waals surface area contributed by atoms with Crippen LogP contribution in [0.3, 0.4) is 0 Å². The summed E-state index contributed by atoms with van der Waals surface area (Å²) in [6, 6.07) is 16.0. The molecule has 1 atom stereocenters. The highest BCUT2D eigenvalue weighted by molar-refractivity contribution is 7.89. The number of sulfonamides is 1. The van der Waals surface area contributed by atoms with Gasteiger partial charge in [-0.15, -0.1) is 0 Å². The Morgan fingerprint density at radius 3 is 2.24 bits per heavy atom. The minimum atomic E-state index is -3.68. The summed E-state index contributed by atoms with van der Waals surface area (Å²) in [5, 5.41) is 0. The van der Waals surface area contributed by atoms with Crippen LogP contribution in [0.25, 0.3) is 0 Å². The molecule has 0 spiro atoms. The second-order valence-electron chi connectivity index (χ2n) is 8.52. The molecule has 8 heteroatoms. The van der Waals surface area contributed by atoms with E-state index in [9.17, 15) is 18.0 Å². The van der Waals surface area contributed by atoms with Crippen molar-refractivity contribution in [1.29, 1.82) is 0 Å². The fourth-order valence-electron chi connectivity index (χ4n) is 4.76. The largest absolute Gasteiger partial charge is 0.462 e. The van der Waals surface area contributed by atoms with E-state index in [4.69, 9.17) is 4.74 Å². The summed E-state index contributed by atoms with van der Waals surface area (Å²) in [6.07, 6.45) is 2.97. The van der Waals surface area contributed by atoms with E-state index in [0.29, 0.717) is 31.5 Å². The van der Waals surface area contributed by atoms with Crippen molar-refractivity contribution in [3.63, 3.8) is 0 Å². The molecule has 0 aromatic heterocycles. The number of piperidine rings is 1. The molecule has 2 aromatic carbocycles. The van der Waals surface area contributed by atoms with Crippen LogP contribution in [0.5, 0.6) is 0 Å². The van der Waals surface area contributed by atoms with E-state index in [1.807, 2.05) is 23.1 Å². The lowest BCUT2D eigenvalue weighted by Gasteiger charge is -2.34. The Morgan fingerprint density at radius 2 is 1.61 bits per heavy atom. The van der Waals surface area contributed by atoms with E-state index in [2.05, 4.69) is 12.1 Å². The van der Waals surface area contributed by atoms with Gasteiger partial charge in [-0.25, -0.2) is 13.2 Å². The predicted molar refractivity (Wildman–Crippen MR) is 124 cm³/mol. The third kappa shape index (κ3) is 4.96. The number of benzene rings is 2. The van der Waals surface area contributed by atoms with Crippen LogP contribution in [0, 0.1) is 5.92 Å². The maximum absolute atomic E-state index is 13.3. The van der Waals surface area contributed by atoms with Crippen LogP contribution in [0.15, 0.2) is 59.5 Å². The lowest BCUT2D eigenvalue weighted by atomic mass is 9.95. The van der Waals surface area contributed by atoms with E-state index < -0.39 is 16.0 Å². The van der Waals surface area contributed by atoms with Crippen LogP contribution in [0.1, 0.15) is 54.6 Å². The molecule has 1 amide bonds. The zero-order chi connectivity index (χ0) is 23.4. The van der Waals surface area contributed by atoms with Crippen LogP contribution in [-0.4, -0.2) is 55.7 Å². The van der Waals surface area contributed by atoms with Crippen LogP contribution < -0.4 is 0 Å². The molecule has 0 N–H and O–H groups in total. The maximum atomic E-state index is 13.3. The summed E-state index contributed by atoms with van der Waals surface area (Å²) in [5.41, 5.74) is 1.48. The molecule has 2 heterocycles. The van der Waals surface area contributed by atoms with Gasteiger partial charge in [0.2, 0.25) is 15.9 Å². The number of nitrogens with zero attached hydrogens (tertiary/aromatic N) is 2. The molecule has 4 rings (SSSR count). The summed E-state index contributed by atoms with van der Waals surface area (Å²) < 4.78 is 32.5. The van der Waals surface area contributed by atoms with Crippen LogP contribution >= 0.6 is 0 Å². The molecule has 0 saturated carbocycles. The number of carbonyl (C=O) groups excluding carboxylic acids is 2. The van der Waals surface area contributed by atoms with Crippen molar-refractivity contribution in [2.75, 3.05) is 26.2 Å². The van der Waals surface area contributed by atoms with E-state index >= 15 is 0 Å². The number of ether oxygens (including phenoxy) is 1. The fourth-order valence-corrected chi connectivity index (χ4v) is 6.23. The first kappa shape index (κ1) is 23.4. The highest BCUT2D eigenvalue weighted by Crippen LogP contribution is 2.35. The molecule has 0 bridgehead atoms. The van der Waals surface area contributed by atoms with E-state index in [1.54, 1.807) is 6.92 Å². The molecule has 2 saturated heterocycles. The molecule has 176 valence electrons. The number of likely N-dealkylation sites (tertiary alicyclic amines) is 1. The Kier molecular flexibility index (Phi) is 7.14. The van der Waals surface area contributed by atoms with Crippen LogP contribution in [0.2, 0.25) is 0 Å². The molecule has 2 aliphatic heterocycles. The molecule has 0 aliphatic carbocycles. The molecule has 1 unspecified atom stereocenters. The van der Waals surface area contributed by atoms with Gasteiger partial charge >= 0.3 is 5.97 Å². The second kappa shape index (κ2) is 10.1. The first-order chi connectivity index (χ1) is 15.9. The van der Waals surface area contributed by atoms with Gasteiger partial charge in [0.05, 0.1) is 23.1 Å². The van der Waals surface area contributed by atoms with Gasteiger partial charge in [-0.05, 0) is 62.4 Å². The first-order valence-corrected chi connectivity index (χ1v) is 13.0. The zero-order valence-corrected chi connectivity index (χ0v) is 19.7. The number of rotatable bonds is 6. The zero-order valence-electron chi connectivity index (χ0n) is 18.9. The lowest BCUT2D eigenvalue weighted by molar-refractivity contribution is -0.137. The molecule has 7 nitrogen and oxygen atoms in total. The van der Waals surface area contributed by atoms with Crippen molar-refractivity contribution in [2.45, 2.75) is 43.5 Å². The average Bonchev–Trinajstić information content (AvgIpc) is 3.34. The van der Waals surface area contributed by atoms with Crippen molar-refractivity contribution in [1.82, 2.24) is 9.21 Å². The van der Waals surface area contributed by atoms with Crippen molar-refractivity contribution >= 4 is 21.9 Å². The van der Waals surface area contributed by atoms with E-state index in [0.717, 1.165) is 24.9 Å². The molecule has 0 radical (unpaired) electrons. The van der Waals surface area contributed by atoms with Crippen molar-refractivity contribution in [3.05, 3.63) is 65.7 Å². The van der Waals surface area contributed by atoms with Crippen molar-refractivity contribution < 1.29 is 22.7 Å². The molecule has 2 aromatic rings. The minimum absolute atomic E-state index is 0.110. The Hall–Kier alpha value is -2.71. The first-order valence-electron chi connectivity index (χ1n) is 11.5. The molecule has 2 aliphatic rings. The summed E-state index contributed by atoms with van der Waals surface area (Å²) in [5.74, 6) is -0.499. The van der Waals surface area contributed by atoms with Gasteiger partial charge in [0.25, 0.3) is 0 Å². The summed E-state index contributed by atoms with van der Waals surface area (Å²) in [6.45, 7) is 3.35. The molecular formula is C25H30N2O5S. The Labute approximate surface area is 195 Å². The number of amides is 1. The van der Waals surface area contributed by atoms with Crippen LogP contribution in [0.4, 0.5) is 0 Å². The van der Waals surface area contributed by atoms with E-state index in [-0.39, 0.29) is 29.4 Å². The normalized spacial score (nSPS) is 20.0. The van der Waals surface area contributed by atoms with Gasteiger partial charge < -0.3 is 9.64 Å². The van der Waals surface area contributed by atoms with Gasteiger partial charge in [-0.1, -0.05) is 30.3 Å². The Balaban J connectivity index is 1.39. The third-order valence-corrected chi connectivity index (χ3v) is 8.44. The second-order valence-corrected chi connectivity index (χ2v) is 10.5. The SMILES string of the molecule is CCOC(=O)c1ccc(S(=O)(=O)N2CCC(C(=O)N3CCCC3c3ccccc3)CC2)cc1. The van der Waals surface area contributed by atoms with Crippen molar-refractivity contribution in [2.24, 2.45) is 5.92 Å². The summed E-state index contributed by atoms with van der Waals surface area (Å²) >= 11 is 0. The molecule has 33 heavy (non-hydrogen) atoms. The van der Waals surface area contributed by atoms with Crippen molar-refractivity contribution in [3.8, 4) is 0 Å². The lowest BCUT2D eigenvalue weighted by Crippen LogP contribution is -2.44. The summed E-state index contributed by atoms with van der Waals surface area (Å²) in [7, 11) is -3.68.